The number of nitrogens with zero attached hydrogens (tertiary/aromatic N) is 3. The van der Waals surface area contributed by atoms with Crippen LogP contribution >= 0.6 is 0 Å². The molecule has 18 heavy (non-hydrogen) atoms. The minimum Gasteiger partial charge on any atom is -0.361 e. The summed E-state index contributed by atoms with van der Waals surface area (Å²) in [6.45, 7) is 1.89. The molecule has 0 bridgehead atoms. The number of benzene rings is 1. The van der Waals surface area contributed by atoms with Crippen LogP contribution in [0.3, 0.4) is 0 Å². The summed E-state index contributed by atoms with van der Waals surface area (Å²) in [6, 6.07) is 10.1. The van der Waals surface area contributed by atoms with E-state index in [-0.39, 0.29) is 6.10 Å². The van der Waals surface area contributed by atoms with Gasteiger partial charge in [-0.3, -0.25) is 9.63 Å². The molecule has 96 valence electrons. The number of hydrogen-bond acceptors (Lipinski definition) is 2. The van der Waals surface area contributed by atoms with Gasteiger partial charge in [0.15, 0.2) is 0 Å². The van der Waals surface area contributed by atoms with Gasteiger partial charge in [-0.1, -0.05) is 30.3 Å². The molecule has 0 radical (unpaired) electrons. The maximum absolute atomic E-state index is 11.2. The summed E-state index contributed by atoms with van der Waals surface area (Å²) in [7, 11) is 1.49. The molecule has 0 aromatic heterocycles. The first kappa shape index (κ1) is 14.1. The molecule has 0 spiro atoms. The number of hydrogen-bond donors (Lipinski definition) is 0. The van der Waals surface area contributed by atoms with Crippen LogP contribution in [0.1, 0.15) is 18.9 Å². The van der Waals surface area contributed by atoms with E-state index in [1.807, 2.05) is 25.1 Å². The lowest BCUT2D eigenvalue weighted by atomic mass is 10.1. The lowest BCUT2D eigenvalue weighted by Crippen LogP contribution is -2.32. The third-order valence-corrected chi connectivity index (χ3v) is 2.50. The average molecular weight is 247 g/mol. The molecule has 1 amide bonds. The Morgan fingerprint density at radius 2 is 2.17 bits per heavy atom. The largest absolute Gasteiger partial charge is 0.361 e. The fourth-order valence-electron chi connectivity index (χ4n) is 1.52. The van der Waals surface area contributed by atoms with Crippen molar-refractivity contribution >= 4 is 12.1 Å². The second kappa shape index (κ2) is 7.37. The molecule has 5 nitrogen and oxygen atoms in total. The maximum atomic E-state index is 11.2. The first-order chi connectivity index (χ1) is 8.63. The third kappa shape index (κ3) is 4.91. The van der Waals surface area contributed by atoms with Gasteiger partial charge in [-0.2, -0.15) is 4.79 Å². The van der Waals surface area contributed by atoms with Crippen molar-refractivity contribution in [3.05, 3.63) is 41.4 Å². The van der Waals surface area contributed by atoms with Gasteiger partial charge in [-0.15, -0.1) is 0 Å². The van der Waals surface area contributed by atoms with Gasteiger partial charge < -0.3 is 5.53 Å². The summed E-state index contributed by atoms with van der Waals surface area (Å²) in [5.74, 6) is -0.496. The van der Waals surface area contributed by atoms with Crippen LogP contribution in [0.15, 0.2) is 30.3 Å². The maximum Gasteiger partial charge on any atom is 0.351 e. The fraction of sp³-hybridized carbons (Fsp3) is 0.385. The van der Waals surface area contributed by atoms with E-state index in [1.165, 1.54) is 12.6 Å². The van der Waals surface area contributed by atoms with Crippen molar-refractivity contribution in [2.75, 3.05) is 7.05 Å². The number of rotatable bonds is 6. The van der Waals surface area contributed by atoms with Crippen LogP contribution < -0.4 is 0 Å². The van der Waals surface area contributed by atoms with Crippen molar-refractivity contribution in [2.24, 2.45) is 0 Å². The van der Waals surface area contributed by atoms with E-state index in [2.05, 4.69) is 16.9 Å². The van der Waals surface area contributed by atoms with E-state index in [9.17, 15) is 4.79 Å². The summed E-state index contributed by atoms with van der Waals surface area (Å²) in [5.41, 5.74) is 9.47. The van der Waals surface area contributed by atoms with Crippen LogP contribution in [0.5, 0.6) is 0 Å². The summed E-state index contributed by atoms with van der Waals surface area (Å²) in [4.78, 5) is 19.3. The zero-order valence-electron chi connectivity index (χ0n) is 10.6. The highest BCUT2D eigenvalue weighted by Gasteiger charge is 2.14. The van der Waals surface area contributed by atoms with E-state index >= 15 is 0 Å². The Morgan fingerprint density at radius 1 is 1.50 bits per heavy atom. The van der Waals surface area contributed by atoms with Gasteiger partial charge in [0.1, 0.15) is 0 Å². The second-order valence-electron chi connectivity index (χ2n) is 4.02. The SMILES string of the molecule is CC(CCc1ccccc1)ON(C)C(=O)C=[N+]=[N-]. The van der Waals surface area contributed by atoms with Crippen molar-refractivity contribution in [2.45, 2.75) is 25.9 Å². The van der Waals surface area contributed by atoms with Gasteiger partial charge in [0.05, 0.1) is 6.10 Å². The van der Waals surface area contributed by atoms with Crippen LogP contribution in [-0.2, 0) is 16.1 Å². The molecule has 0 heterocycles. The smallest absolute Gasteiger partial charge is 0.351 e. The number of carbonyl (C=O) groups is 1. The average Bonchev–Trinajstić information content (AvgIpc) is 2.38. The topological polar surface area (TPSA) is 65.9 Å². The van der Waals surface area contributed by atoms with Crippen LogP contribution in [0.25, 0.3) is 5.53 Å². The Hall–Kier alpha value is -1.97. The Morgan fingerprint density at radius 3 is 2.78 bits per heavy atom. The molecule has 1 rings (SSSR count). The van der Waals surface area contributed by atoms with Gasteiger partial charge >= 0.3 is 12.1 Å². The number of hydroxylamine groups is 2. The van der Waals surface area contributed by atoms with Gasteiger partial charge in [0.2, 0.25) is 0 Å². The first-order valence-electron chi connectivity index (χ1n) is 5.79. The summed E-state index contributed by atoms with van der Waals surface area (Å²) >= 11 is 0. The third-order valence-electron chi connectivity index (χ3n) is 2.50. The van der Waals surface area contributed by atoms with Crippen LogP contribution in [0, 0.1) is 0 Å². The molecule has 1 aromatic carbocycles. The molecule has 1 aromatic rings. The van der Waals surface area contributed by atoms with E-state index in [0.29, 0.717) is 0 Å². The zero-order valence-corrected chi connectivity index (χ0v) is 10.6. The van der Waals surface area contributed by atoms with Crippen LogP contribution in [0.4, 0.5) is 0 Å². The highest BCUT2D eigenvalue weighted by atomic mass is 16.7. The molecule has 0 aliphatic heterocycles. The fourth-order valence-corrected chi connectivity index (χ4v) is 1.52. The first-order valence-corrected chi connectivity index (χ1v) is 5.79. The highest BCUT2D eigenvalue weighted by molar-refractivity contribution is 6.23. The number of carbonyl (C=O) groups excluding carboxylic acids is 1. The second-order valence-corrected chi connectivity index (χ2v) is 4.02. The van der Waals surface area contributed by atoms with Gasteiger partial charge in [-0.05, 0) is 25.3 Å². The predicted octanol–water partition coefficient (Wildman–Crippen LogP) is 1.70. The molecule has 0 aliphatic carbocycles. The van der Waals surface area contributed by atoms with E-state index in [4.69, 9.17) is 10.4 Å². The van der Waals surface area contributed by atoms with Gasteiger partial charge in [0.25, 0.3) is 0 Å². The Kier molecular flexibility index (Phi) is 5.77. The quantitative estimate of drug-likeness (QED) is 0.332. The standard InChI is InChI=1S/C13H17N3O2/c1-11(18-16(2)13(17)10-15-14)8-9-12-6-4-3-5-7-12/h3-7,10-11H,8-9H2,1-2H3. The molecular weight excluding hydrogens is 230 g/mol. The number of aryl methyl sites for hydroxylation is 1. The zero-order chi connectivity index (χ0) is 13.4. The van der Waals surface area contributed by atoms with Crippen molar-refractivity contribution in [1.82, 2.24) is 5.06 Å². The lowest BCUT2D eigenvalue weighted by Gasteiger charge is -2.18. The minimum absolute atomic E-state index is 0.0914. The molecule has 0 fully saturated rings. The molecule has 0 N–H and O–H groups in total. The van der Waals surface area contributed by atoms with Crippen LogP contribution in [-0.4, -0.2) is 35.1 Å². The molecule has 0 saturated heterocycles. The summed E-state index contributed by atoms with van der Waals surface area (Å²) in [6.07, 6.45) is 2.39. The highest BCUT2D eigenvalue weighted by Crippen LogP contribution is 2.07. The summed E-state index contributed by atoms with van der Waals surface area (Å²) in [5, 5.41) is 1.06. The van der Waals surface area contributed by atoms with Crippen molar-refractivity contribution in [1.29, 1.82) is 0 Å². The van der Waals surface area contributed by atoms with Gasteiger partial charge in [-0.25, -0.2) is 5.06 Å². The number of amides is 1. The Bertz CT molecular complexity index is 427. The summed E-state index contributed by atoms with van der Waals surface area (Å²) < 4.78 is 0. The predicted molar refractivity (Wildman–Crippen MR) is 67.8 cm³/mol. The minimum atomic E-state index is -0.496. The van der Waals surface area contributed by atoms with E-state index in [1.54, 1.807) is 0 Å². The Balaban J connectivity index is 2.35. The van der Waals surface area contributed by atoms with Gasteiger partial charge in [0, 0.05) is 7.05 Å². The monoisotopic (exact) mass is 247 g/mol. The van der Waals surface area contributed by atoms with E-state index < -0.39 is 5.91 Å². The van der Waals surface area contributed by atoms with E-state index in [0.717, 1.165) is 24.1 Å². The molecule has 1 unspecified atom stereocenters. The van der Waals surface area contributed by atoms with Crippen molar-refractivity contribution < 1.29 is 14.4 Å². The molecule has 1 atom stereocenters. The van der Waals surface area contributed by atoms with Crippen molar-refractivity contribution in [3.63, 3.8) is 0 Å². The lowest BCUT2D eigenvalue weighted by molar-refractivity contribution is -0.189. The molecular formula is C13H17N3O2. The Labute approximate surface area is 107 Å². The molecule has 0 saturated carbocycles. The molecule has 5 heteroatoms. The normalized spacial score (nSPS) is 11.4. The molecule has 0 aliphatic rings. The van der Waals surface area contributed by atoms with Crippen molar-refractivity contribution in [3.8, 4) is 0 Å². The van der Waals surface area contributed by atoms with Crippen LogP contribution in [0.2, 0.25) is 0 Å².